The molecule has 1 unspecified atom stereocenters. The van der Waals surface area contributed by atoms with Gasteiger partial charge in [-0.25, -0.2) is 8.42 Å². The van der Waals surface area contributed by atoms with E-state index in [1.54, 1.807) is 36.4 Å². The minimum absolute atomic E-state index is 0.00977. The average Bonchev–Trinajstić information content (AvgIpc) is 2.79. The van der Waals surface area contributed by atoms with Gasteiger partial charge in [-0.05, 0) is 29.8 Å². The molecule has 2 N–H and O–H groups in total. The summed E-state index contributed by atoms with van der Waals surface area (Å²) < 4.78 is 26.3. The van der Waals surface area contributed by atoms with Gasteiger partial charge in [-0.15, -0.1) is 0 Å². The van der Waals surface area contributed by atoms with Crippen LogP contribution in [0, 0.1) is 0 Å². The zero-order valence-electron chi connectivity index (χ0n) is 11.7. The number of nitrogens with zero attached hydrogens (tertiary/aromatic N) is 1. The molecule has 120 valence electrons. The van der Waals surface area contributed by atoms with Crippen LogP contribution in [-0.4, -0.2) is 25.9 Å². The van der Waals surface area contributed by atoms with Crippen LogP contribution in [0.4, 0.5) is 0 Å². The topological polar surface area (TPSA) is 78.8 Å². The van der Waals surface area contributed by atoms with Crippen LogP contribution in [0.5, 0.6) is 0 Å². The number of aliphatic hydroxyl groups excluding tert-OH is 1. The van der Waals surface area contributed by atoms with Gasteiger partial charge in [0.05, 0.1) is 27.6 Å². The molecule has 0 fully saturated rings. The summed E-state index contributed by atoms with van der Waals surface area (Å²) in [6, 6.07) is 11.3. The van der Waals surface area contributed by atoms with Gasteiger partial charge in [0.15, 0.2) is 0 Å². The summed E-state index contributed by atoms with van der Waals surface area (Å²) in [5.41, 5.74) is 1.05. The number of benzene rings is 2. The lowest BCUT2D eigenvalue weighted by Crippen LogP contribution is -2.23. The van der Waals surface area contributed by atoms with Gasteiger partial charge in [0.1, 0.15) is 5.84 Å². The van der Waals surface area contributed by atoms with Crippen molar-refractivity contribution in [2.24, 2.45) is 4.99 Å². The SMILES string of the molecule is O=S1(=O)NC(=NCC(O)c2ccc(Cl)c(Cl)c2)c2ccccc21. The summed E-state index contributed by atoms with van der Waals surface area (Å²) in [5.74, 6) is 0.222. The van der Waals surface area contributed by atoms with Crippen LogP contribution >= 0.6 is 23.2 Å². The van der Waals surface area contributed by atoms with Crippen molar-refractivity contribution in [2.45, 2.75) is 11.0 Å². The smallest absolute Gasteiger partial charge is 0.263 e. The lowest BCUT2D eigenvalue weighted by Gasteiger charge is -2.10. The molecule has 0 saturated carbocycles. The van der Waals surface area contributed by atoms with Gasteiger partial charge in [0, 0.05) is 5.56 Å². The quantitative estimate of drug-likeness (QED) is 0.871. The maximum Gasteiger partial charge on any atom is 0.263 e. The fraction of sp³-hybridized carbons (Fsp3) is 0.133. The van der Waals surface area contributed by atoms with Gasteiger partial charge < -0.3 is 5.11 Å². The zero-order chi connectivity index (χ0) is 16.6. The summed E-state index contributed by atoms with van der Waals surface area (Å²) in [5, 5.41) is 10.9. The second kappa shape index (κ2) is 6.13. The number of aliphatic imine (C=N–C) groups is 1. The van der Waals surface area contributed by atoms with Crippen LogP contribution < -0.4 is 4.72 Å². The Kier molecular flexibility index (Phi) is 4.33. The normalized spacial score (nSPS) is 18.5. The van der Waals surface area contributed by atoms with Crippen molar-refractivity contribution in [1.82, 2.24) is 4.72 Å². The molecule has 0 aliphatic carbocycles. The van der Waals surface area contributed by atoms with Crippen molar-refractivity contribution in [3.05, 3.63) is 63.6 Å². The van der Waals surface area contributed by atoms with Crippen LogP contribution in [0.1, 0.15) is 17.2 Å². The van der Waals surface area contributed by atoms with E-state index >= 15 is 0 Å². The molecule has 0 spiro atoms. The van der Waals surface area contributed by atoms with E-state index in [4.69, 9.17) is 23.2 Å². The van der Waals surface area contributed by atoms with Gasteiger partial charge in [-0.3, -0.25) is 9.71 Å². The summed E-state index contributed by atoms with van der Waals surface area (Å²) in [7, 11) is -3.58. The first-order chi connectivity index (χ1) is 10.9. The number of sulfonamides is 1. The number of aliphatic hydroxyl groups is 1. The average molecular weight is 371 g/mol. The van der Waals surface area contributed by atoms with Crippen molar-refractivity contribution in [3.8, 4) is 0 Å². The van der Waals surface area contributed by atoms with E-state index < -0.39 is 16.1 Å². The van der Waals surface area contributed by atoms with Crippen LogP contribution in [0.2, 0.25) is 10.0 Å². The van der Waals surface area contributed by atoms with E-state index in [0.29, 0.717) is 21.2 Å². The molecule has 0 bridgehead atoms. The number of amidine groups is 1. The molecule has 5 nitrogen and oxygen atoms in total. The highest BCUT2D eigenvalue weighted by molar-refractivity contribution is 7.90. The number of hydrogen-bond acceptors (Lipinski definition) is 4. The Morgan fingerprint density at radius 2 is 1.87 bits per heavy atom. The zero-order valence-corrected chi connectivity index (χ0v) is 14.0. The molecule has 0 saturated heterocycles. The highest BCUT2D eigenvalue weighted by Crippen LogP contribution is 2.26. The number of halogens is 2. The lowest BCUT2D eigenvalue weighted by molar-refractivity contribution is 0.187. The summed E-state index contributed by atoms with van der Waals surface area (Å²) in [6.07, 6.45) is -0.922. The number of fused-ring (bicyclic) bond motifs is 1. The Morgan fingerprint density at radius 1 is 1.13 bits per heavy atom. The molecule has 8 heteroatoms. The maximum atomic E-state index is 12.0. The lowest BCUT2D eigenvalue weighted by atomic mass is 10.1. The van der Waals surface area contributed by atoms with E-state index in [1.807, 2.05) is 0 Å². The minimum Gasteiger partial charge on any atom is -0.386 e. The Bertz CT molecular complexity index is 897. The molecule has 2 aromatic carbocycles. The molecule has 23 heavy (non-hydrogen) atoms. The fourth-order valence-electron chi connectivity index (χ4n) is 2.25. The highest BCUT2D eigenvalue weighted by atomic mass is 35.5. The molecule has 1 aliphatic rings. The second-order valence-electron chi connectivity index (χ2n) is 4.98. The van der Waals surface area contributed by atoms with Gasteiger partial charge in [0.2, 0.25) is 0 Å². The first-order valence-electron chi connectivity index (χ1n) is 6.68. The molecular formula is C15H12Cl2N2O3S. The largest absolute Gasteiger partial charge is 0.386 e. The predicted octanol–water partition coefficient (Wildman–Crippen LogP) is 2.77. The molecular weight excluding hydrogens is 359 g/mol. The molecule has 2 aromatic rings. The first kappa shape index (κ1) is 16.3. The Labute approximate surface area is 143 Å². The molecule has 0 radical (unpaired) electrons. The van der Waals surface area contributed by atoms with E-state index in [-0.39, 0.29) is 17.3 Å². The predicted molar refractivity (Wildman–Crippen MR) is 89.6 cm³/mol. The van der Waals surface area contributed by atoms with Gasteiger partial charge in [0.25, 0.3) is 10.0 Å². The molecule has 1 atom stereocenters. The summed E-state index contributed by atoms with van der Waals surface area (Å²) in [4.78, 5) is 4.37. The second-order valence-corrected chi connectivity index (χ2v) is 7.45. The Hall–Kier alpha value is -1.60. The third kappa shape index (κ3) is 3.21. The number of hydrogen-bond donors (Lipinski definition) is 2. The monoisotopic (exact) mass is 370 g/mol. The highest BCUT2D eigenvalue weighted by Gasteiger charge is 2.30. The molecule has 1 aliphatic heterocycles. The van der Waals surface area contributed by atoms with E-state index in [2.05, 4.69) is 9.71 Å². The molecule has 0 amide bonds. The molecule has 0 aromatic heterocycles. The van der Waals surface area contributed by atoms with Crippen LogP contribution in [0.3, 0.4) is 0 Å². The van der Waals surface area contributed by atoms with Crippen molar-refractivity contribution in [2.75, 3.05) is 6.54 Å². The van der Waals surface area contributed by atoms with Gasteiger partial charge in [-0.1, -0.05) is 41.4 Å². The van der Waals surface area contributed by atoms with Gasteiger partial charge in [-0.2, -0.15) is 0 Å². The van der Waals surface area contributed by atoms with E-state index in [1.165, 1.54) is 6.07 Å². The summed E-state index contributed by atoms with van der Waals surface area (Å²) >= 11 is 11.8. The number of nitrogens with one attached hydrogen (secondary N) is 1. The fourth-order valence-corrected chi connectivity index (χ4v) is 3.81. The Morgan fingerprint density at radius 3 is 2.61 bits per heavy atom. The van der Waals surface area contributed by atoms with Crippen LogP contribution in [0.25, 0.3) is 0 Å². The standard InChI is InChI=1S/C15H12Cl2N2O3S/c16-11-6-5-9(7-12(11)17)13(20)8-18-15-10-3-1-2-4-14(10)23(21,22)19-15/h1-7,13,20H,8H2,(H,18,19). The van der Waals surface area contributed by atoms with E-state index in [9.17, 15) is 13.5 Å². The maximum absolute atomic E-state index is 12.0. The van der Waals surface area contributed by atoms with Crippen molar-refractivity contribution < 1.29 is 13.5 Å². The Balaban J connectivity index is 1.85. The first-order valence-corrected chi connectivity index (χ1v) is 8.92. The molecule has 1 heterocycles. The third-order valence-corrected chi connectivity index (χ3v) is 5.55. The molecule has 3 rings (SSSR count). The van der Waals surface area contributed by atoms with Crippen LogP contribution in [-0.2, 0) is 10.0 Å². The minimum atomic E-state index is -3.58. The van der Waals surface area contributed by atoms with Crippen LogP contribution in [0.15, 0.2) is 52.4 Å². The number of rotatable bonds is 3. The van der Waals surface area contributed by atoms with E-state index in [0.717, 1.165) is 0 Å². The van der Waals surface area contributed by atoms with Crippen molar-refractivity contribution in [1.29, 1.82) is 0 Å². The van der Waals surface area contributed by atoms with Gasteiger partial charge >= 0.3 is 0 Å². The van der Waals surface area contributed by atoms with Crippen molar-refractivity contribution in [3.63, 3.8) is 0 Å². The third-order valence-electron chi connectivity index (χ3n) is 3.41. The summed E-state index contributed by atoms with van der Waals surface area (Å²) in [6.45, 7) is -0.00977. The van der Waals surface area contributed by atoms with Crippen molar-refractivity contribution >= 4 is 39.1 Å².